The van der Waals surface area contributed by atoms with Crippen LogP contribution < -0.4 is 10.1 Å². The van der Waals surface area contributed by atoms with Gasteiger partial charge >= 0.3 is 0 Å². The van der Waals surface area contributed by atoms with Crippen LogP contribution in [0.25, 0.3) is 10.9 Å². The minimum absolute atomic E-state index is 0.726. The molecule has 0 unspecified atom stereocenters. The molecule has 0 saturated carbocycles. The molecule has 1 aromatic heterocycles. The molecular weight excluding hydrogens is 284 g/mol. The molecule has 106 valence electrons. The van der Waals surface area contributed by atoms with E-state index in [9.17, 15) is 0 Å². The Kier molecular flexibility index (Phi) is 3.67. The number of ether oxygens (including phenoxy) is 1. The van der Waals surface area contributed by atoms with E-state index in [-0.39, 0.29) is 0 Å². The minimum Gasteiger partial charge on any atom is -0.495 e. The van der Waals surface area contributed by atoms with E-state index >= 15 is 0 Å². The van der Waals surface area contributed by atoms with Crippen LogP contribution in [0.2, 0.25) is 5.02 Å². The van der Waals surface area contributed by atoms with E-state index in [1.165, 1.54) is 0 Å². The van der Waals surface area contributed by atoms with Crippen LogP contribution in [0.15, 0.2) is 48.7 Å². The summed E-state index contributed by atoms with van der Waals surface area (Å²) >= 11 is 6.17. The number of nitrogens with one attached hydrogen (secondary N) is 1. The molecule has 0 radical (unpaired) electrons. The summed E-state index contributed by atoms with van der Waals surface area (Å²) in [7, 11) is 1.66. The van der Waals surface area contributed by atoms with Crippen LogP contribution in [0.3, 0.4) is 0 Å². The van der Waals surface area contributed by atoms with Gasteiger partial charge in [0, 0.05) is 22.3 Å². The number of halogens is 1. The van der Waals surface area contributed by atoms with Crippen LogP contribution in [0.1, 0.15) is 5.56 Å². The first-order valence-corrected chi connectivity index (χ1v) is 7.02. The van der Waals surface area contributed by atoms with Gasteiger partial charge in [-0.25, -0.2) is 0 Å². The zero-order valence-corrected chi connectivity index (χ0v) is 12.6. The first-order chi connectivity index (χ1) is 10.2. The highest BCUT2D eigenvalue weighted by Gasteiger charge is 2.09. The molecule has 3 rings (SSSR count). The summed E-state index contributed by atoms with van der Waals surface area (Å²) in [5.74, 6) is 0.799. The molecule has 0 fully saturated rings. The number of nitrogens with zero attached hydrogens (tertiary/aromatic N) is 1. The summed E-state index contributed by atoms with van der Waals surface area (Å²) in [6.07, 6.45) is 1.78. The SMILES string of the molecule is COc1ccccc1Nc1ccnc2c(C)c(Cl)ccc12. The van der Waals surface area contributed by atoms with E-state index in [0.717, 1.165) is 38.6 Å². The summed E-state index contributed by atoms with van der Waals surface area (Å²) in [5, 5.41) is 5.16. The molecule has 0 aliphatic rings. The van der Waals surface area contributed by atoms with Gasteiger partial charge in [0.15, 0.2) is 0 Å². The van der Waals surface area contributed by atoms with E-state index in [2.05, 4.69) is 10.3 Å². The number of anilines is 2. The Balaban J connectivity index is 2.11. The predicted octanol–water partition coefficient (Wildman–Crippen LogP) is 4.95. The highest BCUT2D eigenvalue weighted by Crippen LogP contribution is 2.33. The van der Waals surface area contributed by atoms with Crippen molar-refractivity contribution in [2.45, 2.75) is 6.92 Å². The van der Waals surface area contributed by atoms with E-state index in [1.54, 1.807) is 13.3 Å². The molecule has 0 atom stereocenters. The standard InChI is InChI=1S/C17H15ClN2O/c1-11-13(18)8-7-12-14(9-10-19-17(11)12)20-15-5-3-4-6-16(15)21-2/h3-10H,1-2H3,(H,19,20). The number of pyridine rings is 1. The topological polar surface area (TPSA) is 34.1 Å². The minimum atomic E-state index is 0.726. The number of benzene rings is 2. The Morgan fingerprint density at radius 1 is 1.05 bits per heavy atom. The maximum atomic E-state index is 6.17. The molecule has 1 heterocycles. The second kappa shape index (κ2) is 5.62. The molecule has 0 saturated heterocycles. The molecule has 0 aliphatic heterocycles. The van der Waals surface area contributed by atoms with Gasteiger partial charge < -0.3 is 10.1 Å². The van der Waals surface area contributed by atoms with E-state index in [0.29, 0.717) is 0 Å². The Morgan fingerprint density at radius 2 is 1.86 bits per heavy atom. The molecule has 0 aliphatic carbocycles. The number of aryl methyl sites for hydroxylation is 1. The Bertz CT molecular complexity index is 802. The van der Waals surface area contributed by atoms with Gasteiger partial charge in [0.25, 0.3) is 0 Å². The van der Waals surface area contributed by atoms with Gasteiger partial charge in [-0.15, -0.1) is 0 Å². The van der Waals surface area contributed by atoms with Gasteiger partial charge in [-0.2, -0.15) is 0 Å². The van der Waals surface area contributed by atoms with E-state index in [1.807, 2.05) is 49.4 Å². The average molecular weight is 299 g/mol. The fraction of sp³-hybridized carbons (Fsp3) is 0.118. The number of fused-ring (bicyclic) bond motifs is 1. The van der Waals surface area contributed by atoms with Crippen molar-refractivity contribution in [2.24, 2.45) is 0 Å². The molecule has 3 nitrogen and oxygen atoms in total. The van der Waals surface area contributed by atoms with Crippen LogP contribution in [0.5, 0.6) is 5.75 Å². The summed E-state index contributed by atoms with van der Waals surface area (Å²) in [6, 6.07) is 13.6. The van der Waals surface area contributed by atoms with Gasteiger partial charge in [-0.05, 0) is 42.8 Å². The van der Waals surface area contributed by atoms with Crippen LogP contribution in [-0.4, -0.2) is 12.1 Å². The highest BCUT2D eigenvalue weighted by molar-refractivity contribution is 6.32. The third-order valence-electron chi connectivity index (χ3n) is 3.48. The molecule has 0 spiro atoms. The van der Waals surface area contributed by atoms with Crippen LogP contribution in [-0.2, 0) is 0 Å². The van der Waals surface area contributed by atoms with E-state index < -0.39 is 0 Å². The number of hydrogen-bond donors (Lipinski definition) is 1. The molecule has 4 heteroatoms. The molecule has 0 amide bonds. The lowest BCUT2D eigenvalue weighted by Crippen LogP contribution is -1.96. The average Bonchev–Trinajstić information content (AvgIpc) is 2.52. The molecule has 21 heavy (non-hydrogen) atoms. The van der Waals surface area contributed by atoms with Crippen LogP contribution >= 0.6 is 11.6 Å². The van der Waals surface area contributed by atoms with Gasteiger partial charge in [0.05, 0.1) is 18.3 Å². The summed E-state index contributed by atoms with van der Waals surface area (Å²) in [6.45, 7) is 1.98. The normalized spacial score (nSPS) is 10.6. The number of aromatic nitrogens is 1. The first kappa shape index (κ1) is 13.7. The molecule has 1 N–H and O–H groups in total. The lowest BCUT2D eigenvalue weighted by molar-refractivity contribution is 0.417. The second-order valence-electron chi connectivity index (χ2n) is 4.75. The largest absolute Gasteiger partial charge is 0.495 e. The predicted molar refractivity (Wildman–Crippen MR) is 87.8 cm³/mol. The third-order valence-corrected chi connectivity index (χ3v) is 3.89. The van der Waals surface area contributed by atoms with Crippen LogP contribution in [0, 0.1) is 6.92 Å². The first-order valence-electron chi connectivity index (χ1n) is 6.64. The summed E-state index contributed by atoms with van der Waals surface area (Å²) in [4.78, 5) is 4.43. The number of hydrogen-bond acceptors (Lipinski definition) is 3. The maximum absolute atomic E-state index is 6.17. The lowest BCUT2D eigenvalue weighted by Gasteiger charge is -2.13. The number of methoxy groups -OCH3 is 1. The number of para-hydroxylation sites is 2. The Morgan fingerprint density at radius 3 is 2.67 bits per heavy atom. The van der Waals surface area contributed by atoms with Crippen molar-refractivity contribution < 1.29 is 4.74 Å². The molecule has 0 bridgehead atoms. The van der Waals surface area contributed by atoms with Crippen molar-refractivity contribution in [3.63, 3.8) is 0 Å². The van der Waals surface area contributed by atoms with Gasteiger partial charge in [-0.3, -0.25) is 4.98 Å². The second-order valence-corrected chi connectivity index (χ2v) is 5.16. The zero-order valence-electron chi connectivity index (χ0n) is 11.9. The van der Waals surface area contributed by atoms with Gasteiger partial charge in [-0.1, -0.05) is 23.7 Å². The van der Waals surface area contributed by atoms with E-state index in [4.69, 9.17) is 16.3 Å². The Hall–Kier alpha value is -2.26. The van der Waals surface area contributed by atoms with Crippen molar-refractivity contribution >= 4 is 33.9 Å². The number of rotatable bonds is 3. The zero-order chi connectivity index (χ0) is 14.8. The maximum Gasteiger partial charge on any atom is 0.142 e. The highest BCUT2D eigenvalue weighted by atomic mass is 35.5. The lowest BCUT2D eigenvalue weighted by atomic mass is 10.1. The molecular formula is C17H15ClN2O. The fourth-order valence-electron chi connectivity index (χ4n) is 2.34. The summed E-state index contributed by atoms with van der Waals surface area (Å²) in [5.41, 5.74) is 3.78. The van der Waals surface area contributed by atoms with Crippen LogP contribution in [0.4, 0.5) is 11.4 Å². The fourth-order valence-corrected chi connectivity index (χ4v) is 2.49. The molecule has 3 aromatic rings. The quantitative estimate of drug-likeness (QED) is 0.743. The van der Waals surface area contributed by atoms with Crippen molar-refractivity contribution in [1.29, 1.82) is 0 Å². The van der Waals surface area contributed by atoms with Gasteiger partial charge in [0.1, 0.15) is 5.75 Å². The monoisotopic (exact) mass is 298 g/mol. The van der Waals surface area contributed by atoms with Crippen molar-refractivity contribution in [2.75, 3.05) is 12.4 Å². The molecule has 2 aromatic carbocycles. The van der Waals surface area contributed by atoms with Crippen molar-refractivity contribution in [3.05, 3.63) is 59.2 Å². The Labute approximate surface area is 128 Å². The smallest absolute Gasteiger partial charge is 0.142 e. The third kappa shape index (κ3) is 2.52. The van der Waals surface area contributed by atoms with Gasteiger partial charge in [0.2, 0.25) is 0 Å². The van der Waals surface area contributed by atoms with Crippen molar-refractivity contribution in [1.82, 2.24) is 4.98 Å². The van der Waals surface area contributed by atoms with Crippen molar-refractivity contribution in [3.8, 4) is 5.75 Å². The summed E-state index contributed by atoms with van der Waals surface area (Å²) < 4.78 is 5.37.